The molecule has 2 aliphatic heterocycles. The molecule has 0 atom stereocenters. The largest absolute Gasteiger partial charge is 0.310 e. The summed E-state index contributed by atoms with van der Waals surface area (Å²) in [6.07, 6.45) is 0. The minimum absolute atomic E-state index is 0.0403. The molecule has 3 heteroatoms. The molecule has 2 nitrogen and oxygen atoms in total. The molecule has 1 spiro atoms. The van der Waals surface area contributed by atoms with E-state index in [1.54, 1.807) is 0 Å². The fourth-order valence-corrected chi connectivity index (χ4v) is 16.3. The summed E-state index contributed by atoms with van der Waals surface area (Å²) in [5.74, 6) is 0. The van der Waals surface area contributed by atoms with Crippen LogP contribution in [0.4, 0.5) is 0 Å². The molecule has 0 radical (unpaired) electrons. The summed E-state index contributed by atoms with van der Waals surface area (Å²) in [4.78, 5) is 0. The maximum atomic E-state index is 2.76. The minimum atomic E-state index is -0.415. The van der Waals surface area contributed by atoms with Gasteiger partial charge in [-0.05, 0) is 168 Å². The lowest BCUT2D eigenvalue weighted by Gasteiger charge is -2.35. The highest BCUT2D eigenvalue weighted by Crippen LogP contribution is 2.63. The monoisotopic (exact) mass is 1050 g/mol. The Morgan fingerprint density at radius 2 is 0.744 bits per heavy atom. The molecule has 17 rings (SSSR count). The number of aromatic nitrogens is 2. The number of hydrogen-bond acceptors (Lipinski definition) is 0. The van der Waals surface area contributed by atoms with Crippen molar-refractivity contribution in [1.29, 1.82) is 0 Å². The van der Waals surface area contributed by atoms with E-state index in [2.05, 4.69) is 280 Å². The van der Waals surface area contributed by atoms with Crippen molar-refractivity contribution in [3.05, 3.63) is 233 Å². The maximum Gasteiger partial charge on any atom is 0.252 e. The second-order valence-corrected chi connectivity index (χ2v) is 28.8. The molecule has 2 aliphatic carbocycles. The van der Waals surface area contributed by atoms with Crippen molar-refractivity contribution in [2.24, 2.45) is 0 Å². The van der Waals surface area contributed by atoms with Crippen LogP contribution in [0.5, 0.6) is 0 Å². The van der Waals surface area contributed by atoms with Crippen LogP contribution in [0.3, 0.4) is 0 Å². The van der Waals surface area contributed by atoms with E-state index in [9.17, 15) is 0 Å². The van der Waals surface area contributed by atoms with Gasteiger partial charge < -0.3 is 9.13 Å². The summed E-state index contributed by atoms with van der Waals surface area (Å²) in [6, 6.07) is 74.3. The fourth-order valence-electron chi connectivity index (χ4n) is 16.3. The molecule has 13 aromatic rings. The van der Waals surface area contributed by atoms with Gasteiger partial charge in [-0.3, -0.25) is 0 Å². The average molecular weight is 1060 g/mol. The molecule has 11 aromatic carbocycles. The summed E-state index contributed by atoms with van der Waals surface area (Å²) >= 11 is 0. The van der Waals surface area contributed by atoms with Crippen molar-refractivity contribution < 1.29 is 0 Å². The zero-order valence-corrected chi connectivity index (χ0v) is 49.4. The zero-order valence-electron chi connectivity index (χ0n) is 49.4. The Balaban J connectivity index is 1.07. The van der Waals surface area contributed by atoms with Crippen molar-refractivity contribution in [2.45, 2.75) is 110 Å². The molecule has 396 valence electrons. The van der Waals surface area contributed by atoms with Crippen LogP contribution in [0.2, 0.25) is 0 Å². The van der Waals surface area contributed by atoms with Crippen LogP contribution in [0.25, 0.3) is 110 Å². The van der Waals surface area contributed by atoms with Gasteiger partial charge in [-0.25, -0.2) is 0 Å². The summed E-state index contributed by atoms with van der Waals surface area (Å²) < 4.78 is 5.52. The van der Waals surface area contributed by atoms with Gasteiger partial charge >= 0.3 is 0 Å². The summed E-state index contributed by atoms with van der Waals surface area (Å²) in [7, 11) is 0. The van der Waals surface area contributed by atoms with Crippen LogP contribution in [0.15, 0.2) is 188 Å². The molecule has 0 bridgehead atoms. The first-order valence-corrected chi connectivity index (χ1v) is 30.0. The number of nitrogens with zero attached hydrogens (tertiary/aromatic N) is 2. The quantitative estimate of drug-likeness (QED) is 0.145. The first-order chi connectivity index (χ1) is 39.2. The van der Waals surface area contributed by atoms with Crippen molar-refractivity contribution in [1.82, 2.24) is 9.13 Å². The Hall–Kier alpha value is -8.40. The van der Waals surface area contributed by atoms with Gasteiger partial charge in [-0.1, -0.05) is 241 Å². The summed E-state index contributed by atoms with van der Waals surface area (Å²) in [5, 5.41) is 10.7. The van der Waals surface area contributed by atoms with E-state index < -0.39 is 5.41 Å². The standard InChI is InChI=1S/C79H67BN2/c1-75(2,3)48-40-60(77(7,8)9)70-64(42-48)81-66-38-47(44-33-34-59-55(35-44)54-29-19-22-32-58(54)79(59)56-30-20-17-27-52(56)53-28-18-21-31-57(53)79)39-67-72(66)80(62-36-45-23-13-15-25-50(45)68(70)73(62)81)63-37-46-24-14-16-26-51(46)69-71-61(78(10,11)12)41-49(76(4,5)6)43-65(71)82(67)74(63)69/h13-43H,1-12H3. The molecule has 0 N–H and O–H groups in total. The van der Waals surface area contributed by atoms with Gasteiger partial charge in [0.1, 0.15) is 0 Å². The van der Waals surface area contributed by atoms with Gasteiger partial charge in [0.05, 0.1) is 27.5 Å². The van der Waals surface area contributed by atoms with Gasteiger partial charge in [-0.15, -0.1) is 0 Å². The average Bonchev–Trinajstić information content (AvgIpc) is 2.37. The SMILES string of the molecule is CC(C)(C)c1cc(C(C)(C)C)c2c3c4ccccc4cc4c3n(c2c1)-c1cc(-c2ccc3c(c2)-c2ccccc2C32c3ccccc3-c3ccccc32)cc2c1B4c1cc3ccccc3c3c4c(C(C)(C)C)cc(C(C)(C)C)cc4n-2c13. The molecule has 0 fully saturated rings. The number of rotatable bonds is 1. The lowest BCUT2D eigenvalue weighted by atomic mass is 9.34. The second kappa shape index (κ2) is 15.6. The molecule has 0 amide bonds. The highest BCUT2D eigenvalue weighted by molar-refractivity contribution is 7.00. The van der Waals surface area contributed by atoms with Gasteiger partial charge in [0.25, 0.3) is 6.71 Å². The Bertz CT molecular complexity index is 4820. The molecular weight excluding hydrogens is 988 g/mol. The predicted molar refractivity (Wildman–Crippen MR) is 351 cm³/mol. The van der Waals surface area contributed by atoms with E-state index in [-0.39, 0.29) is 28.4 Å². The first kappa shape index (κ1) is 48.3. The third-order valence-corrected chi connectivity index (χ3v) is 20.0. The van der Waals surface area contributed by atoms with Crippen LogP contribution in [0, 0.1) is 0 Å². The fraction of sp³-hybridized carbons (Fsp3) is 0.215. The van der Waals surface area contributed by atoms with Crippen molar-refractivity contribution in [3.63, 3.8) is 0 Å². The van der Waals surface area contributed by atoms with E-state index in [4.69, 9.17) is 0 Å². The van der Waals surface area contributed by atoms with Crippen LogP contribution in [-0.2, 0) is 27.1 Å². The van der Waals surface area contributed by atoms with Gasteiger partial charge in [0, 0.05) is 32.9 Å². The minimum Gasteiger partial charge on any atom is -0.310 e. The smallest absolute Gasteiger partial charge is 0.252 e. The Kier molecular flexibility index (Phi) is 9.18. The molecule has 2 aromatic heterocycles. The molecular formula is C79H67BN2. The van der Waals surface area contributed by atoms with Crippen LogP contribution < -0.4 is 16.4 Å². The van der Waals surface area contributed by atoms with E-state index in [0.29, 0.717) is 0 Å². The van der Waals surface area contributed by atoms with Gasteiger partial charge in [0.2, 0.25) is 0 Å². The van der Waals surface area contributed by atoms with Crippen molar-refractivity contribution >= 4 is 88.3 Å². The molecule has 82 heavy (non-hydrogen) atoms. The van der Waals surface area contributed by atoms with Crippen LogP contribution in [0.1, 0.15) is 128 Å². The Morgan fingerprint density at radius 1 is 0.341 bits per heavy atom. The Labute approximate surface area is 482 Å². The number of fused-ring (bicyclic) bond motifs is 24. The Morgan fingerprint density at radius 3 is 1.18 bits per heavy atom. The molecule has 4 heterocycles. The molecule has 0 saturated carbocycles. The van der Waals surface area contributed by atoms with E-state index in [1.807, 2.05) is 0 Å². The summed E-state index contributed by atoms with van der Waals surface area (Å²) in [6.45, 7) is 28.8. The highest BCUT2D eigenvalue weighted by Gasteiger charge is 2.52. The normalized spacial score (nSPS) is 14.7. The number of benzene rings is 11. The van der Waals surface area contributed by atoms with Gasteiger partial charge in [0.15, 0.2) is 0 Å². The lowest BCUT2D eigenvalue weighted by molar-refractivity contribution is 0.572. The molecule has 0 saturated heterocycles. The van der Waals surface area contributed by atoms with Crippen molar-refractivity contribution in [2.75, 3.05) is 0 Å². The second-order valence-electron chi connectivity index (χ2n) is 28.8. The lowest BCUT2D eigenvalue weighted by Crippen LogP contribution is -2.59. The van der Waals surface area contributed by atoms with E-state index >= 15 is 0 Å². The maximum absolute atomic E-state index is 2.76. The highest BCUT2D eigenvalue weighted by atomic mass is 15.0. The third kappa shape index (κ3) is 6.02. The summed E-state index contributed by atoms with van der Waals surface area (Å²) in [5.41, 5.74) is 29.9. The molecule has 0 unspecified atom stereocenters. The number of hydrogen-bond donors (Lipinski definition) is 0. The van der Waals surface area contributed by atoms with Crippen LogP contribution >= 0.6 is 0 Å². The molecule has 4 aliphatic rings. The zero-order chi connectivity index (χ0) is 56.1. The predicted octanol–water partition coefficient (Wildman–Crippen LogP) is 18.5. The van der Waals surface area contributed by atoms with Gasteiger partial charge in [-0.2, -0.15) is 0 Å². The first-order valence-electron chi connectivity index (χ1n) is 30.0. The van der Waals surface area contributed by atoms with Crippen molar-refractivity contribution in [3.8, 4) is 44.8 Å². The third-order valence-electron chi connectivity index (χ3n) is 20.0. The van der Waals surface area contributed by atoms with E-state index in [0.717, 1.165) is 0 Å². The topological polar surface area (TPSA) is 9.86 Å². The van der Waals surface area contributed by atoms with Crippen LogP contribution in [-0.4, -0.2) is 15.8 Å². The van der Waals surface area contributed by atoms with E-state index in [1.165, 1.54) is 171 Å².